The van der Waals surface area contributed by atoms with Gasteiger partial charge in [-0.15, -0.1) is 0 Å². The molecule has 0 unspecified atom stereocenters. The van der Waals surface area contributed by atoms with E-state index in [0.717, 1.165) is 31.7 Å². The molecule has 0 saturated carbocycles. The highest BCUT2D eigenvalue weighted by Crippen LogP contribution is 2.32. The lowest BCUT2D eigenvalue weighted by molar-refractivity contribution is -0.169. The molecule has 3 rings (SSSR count). The molecule has 5 nitrogen and oxygen atoms in total. The molecule has 2 aliphatic heterocycles. The van der Waals surface area contributed by atoms with Crippen LogP contribution in [0.3, 0.4) is 0 Å². The highest BCUT2D eigenvalue weighted by Gasteiger charge is 2.39. The van der Waals surface area contributed by atoms with E-state index in [1.54, 1.807) is 6.07 Å². The van der Waals surface area contributed by atoms with Crippen molar-refractivity contribution in [2.75, 3.05) is 31.2 Å². The molecular formula is C12H16N2O3. The van der Waals surface area contributed by atoms with Gasteiger partial charge in [-0.2, -0.15) is 0 Å². The summed E-state index contributed by atoms with van der Waals surface area (Å²) in [5, 5.41) is 9.20. The monoisotopic (exact) mass is 236 g/mol. The van der Waals surface area contributed by atoms with Crippen molar-refractivity contribution in [2.24, 2.45) is 0 Å². The molecular weight excluding hydrogens is 220 g/mol. The lowest BCUT2D eigenvalue weighted by atomic mass is 10.0. The molecule has 0 aliphatic carbocycles. The van der Waals surface area contributed by atoms with Crippen molar-refractivity contribution in [1.82, 2.24) is 4.98 Å². The fourth-order valence-corrected chi connectivity index (χ4v) is 2.43. The predicted octanol–water partition coefficient (Wildman–Crippen LogP) is 1.13. The molecule has 1 aromatic rings. The van der Waals surface area contributed by atoms with Crippen molar-refractivity contribution in [2.45, 2.75) is 18.6 Å². The standard InChI is InChI=1S/C12H16N2O3/c15-10-1-2-11(13-9-10)14-5-3-12(4-6-14)16-7-8-17-12/h1-2,9,15H,3-8H2. The summed E-state index contributed by atoms with van der Waals surface area (Å²) < 4.78 is 11.4. The van der Waals surface area contributed by atoms with Crippen LogP contribution in [0.2, 0.25) is 0 Å². The van der Waals surface area contributed by atoms with E-state index in [1.807, 2.05) is 6.07 Å². The van der Waals surface area contributed by atoms with Crippen LogP contribution in [-0.2, 0) is 9.47 Å². The van der Waals surface area contributed by atoms with Gasteiger partial charge >= 0.3 is 0 Å². The highest BCUT2D eigenvalue weighted by molar-refractivity contribution is 5.41. The Morgan fingerprint density at radius 2 is 1.88 bits per heavy atom. The van der Waals surface area contributed by atoms with Gasteiger partial charge in [0.2, 0.25) is 0 Å². The van der Waals surface area contributed by atoms with Gasteiger partial charge in [0.15, 0.2) is 5.79 Å². The normalized spacial score (nSPS) is 23.2. The molecule has 0 bridgehead atoms. The molecule has 0 aromatic carbocycles. The number of rotatable bonds is 1. The lowest BCUT2D eigenvalue weighted by Crippen LogP contribution is -2.45. The number of aromatic hydroxyl groups is 1. The first-order valence-electron chi connectivity index (χ1n) is 5.95. The molecule has 2 saturated heterocycles. The molecule has 0 atom stereocenters. The summed E-state index contributed by atoms with van der Waals surface area (Å²) in [6.07, 6.45) is 3.22. The van der Waals surface area contributed by atoms with Crippen LogP contribution in [0, 0.1) is 0 Å². The zero-order chi connectivity index (χ0) is 11.7. The van der Waals surface area contributed by atoms with Crippen LogP contribution in [0.1, 0.15) is 12.8 Å². The number of aromatic nitrogens is 1. The molecule has 0 amide bonds. The summed E-state index contributed by atoms with van der Waals surface area (Å²) in [7, 11) is 0. The fourth-order valence-electron chi connectivity index (χ4n) is 2.43. The first-order chi connectivity index (χ1) is 8.27. The minimum atomic E-state index is -0.340. The van der Waals surface area contributed by atoms with Crippen LogP contribution in [-0.4, -0.2) is 42.2 Å². The molecule has 3 heterocycles. The molecule has 5 heteroatoms. The Hall–Kier alpha value is -1.33. The molecule has 2 fully saturated rings. The Balaban J connectivity index is 1.66. The Bertz CT molecular complexity index is 377. The van der Waals surface area contributed by atoms with E-state index in [1.165, 1.54) is 6.20 Å². The van der Waals surface area contributed by atoms with E-state index in [9.17, 15) is 5.11 Å². The summed E-state index contributed by atoms with van der Waals surface area (Å²) in [4.78, 5) is 6.40. The number of hydrogen-bond donors (Lipinski definition) is 1. The molecule has 1 aromatic heterocycles. The zero-order valence-electron chi connectivity index (χ0n) is 9.63. The number of piperidine rings is 1. The van der Waals surface area contributed by atoms with E-state index < -0.39 is 0 Å². The van der Waals surface area contributed by atoms with Crippen molar-refractivity contribution < 1.29 is 14.6 Å². The van der Waals surface area contributed by atoms with Gasteiger partial charge in [0.25, 0.3) is 0 Å². The third-order valence-electron chi connectivity index (χ3n) is 3.40. The van der Waals surface area contributed by atoms with Gasteiger partial charge < -0.3 is 19.5 Å². The maximum atomic E-state index is 9.20. The third-order valence-corrected chi connectivity index (χ3v) is 3.40. The second-order valence-corrected chi connectivity index (χ2v) is 4.47. The SMILES string of the molecule is Oc1ccc(N2CCC3(CC2)OCCO3)nc1. The zero-order valence-corrected chi connectivity index (χ0v) is 9.63. The number of hydrogen-bond acceptors (Lipinski definition) is 5. The van der Waals surface area contributed by atoms with E-state index in [-0.39, 0.29) is 11.5 Å². The van der Waals surface area contributed by atoms with Crippen LogP contribution >= 0.6 is 0 Å². The molecule has 1 N–H and O–H groups in total. The summed E-state index contributed by atoms with van der Waals surface area (Å²) in [6.45, 7) is 3.16. The Labute approximate surface area is 100.0 Å². The Morgan fingerprint density at radius 1 is 1.18 bits per heavy atom. The highest BCUT2D eigenvalue weighted by atomic mass is 16.7. The Morgan fingerprint density at radius 3 is 2.47 bits per heavy atom. The van der Waals surface area contributed by atoms with Gasteiger partial charge in [0.1, 0.15) is 11.6 Å². The van der Waals surface area contributed by atoms with Gasteiger partial charge in [-0.05, 0) is 12.1 Å². The fraction of sp³-hybridized carbons (Fsp3) is 0.583. The predicted molar refractivity (Wildman–Crippen MR) is 62.0 cm³/mol. The first-order valence-corrected chi connectivity index (χ1v) is 5.95. The molecule has 92 valence electrons. The maximum absolute atomic E-state index is 9.20. The minimum absolute atomic E-state index is 0.199. The average Bonchev–Trinajstić information content (AvgIpc) is 2.80. The smallest absolute Gasteiger partial charge is 0.171 e. The second-order valence-electron chi connectivity index (χ2n) is 4.47. The van der Waals surface area contributed by atoms with Crippen LogP contribution < -0.4 is 4.90 Å². The average molecular weight is 236 g/mol. The van der Waals surface area contributed by atoms with Crippen molar-refractivity contribution in [3.8, 4) is 5.75 Å². The maximum Gasteiger partial charge on any atom is 0.171 e. The summed E-state index contributed by atoms with van der Waals surface area (Å²) in [5.41, 5.74) is 0. The summed E-state index contributed by atoms with van der Waals surface area (Å²) in [5.74, 6) is 0.758. The second kappa shape index (κ2) is 4.16. The van der Waals surface area contributed by atoms with E-state index in [4.69, 9.17) is 9.47 Å². The van der Waals surface area contributed by atoms with Crippen LogP contribution in [0.25, 0.3) is 0 Å². The van der Waals surface area contributed by atoms with Crippen molar-refractivity contribution in [3.05, 3.63) is 18.3 Å². The number of anilines is 1. The topological polar surface area (TPSA) is 54.8 Å². The largest absolute Gasteiger partial charge is 0.506 e. The minimum Gasteiger partial charge on any atom is -0.506 e. The molecule has 17 heavy (non-hydrogen) atoms. The van der Waals surface area contributed by atoms with Gasteiger partial charge in [0, 0.05) is 25.9 Å². The summed E-state index contributed by atoms with van der Waals surface area (Å²) in [6, 6.07) is 3.50. The van der Waals surface area contributed by atoms with Gasteiger partial charge in [0.05, 0.1) is 19.4 Å². The van der Waals surface area contributed by atoms with Gasteiger partial charge in [-0.3, -0.25) is 0 Å². The molecule has 0 radical (unpaired) electrons. The van der Waals surface area contributed by atoms with Crippen LogP contribution in [0.5, 0.6) is 5.75 Å². The molecule has 2 aliphatic rings. The van der Waals surface area contributed by atoms with E-state index in [0.29, 0.717) is 13.2 Å². The lowest BCUT2D eigenvalue weighted by Gasteiger charge is -2.38. The van der Waals surface area contributed by atoms with Crippen molar-refractivity contribution in [1.29, 1.82) is 0 Å². The number of nitrogens with zero attached hydrogens (tertiary/aromatic N) is 2. The number of pyridine rings is 1. The van der Waals surface area contributed by atoms with Crippen molar-refractivity contribution >= 4 is 5.82 Å². The summed E-state index contributed by atoms with van der Waals surface area (Å²) >= 11 is 0. The van der Waals surface area contributed by atoms with Gasteiger partial charge in [-0.1, -0.05) is 0 Å². The third kappa shape index (κ3) is 2.08. The number of ether oxygens (including phenoxy) is 2. The van der Waals surface area contributed by atoms with E-state index in [2.05, 4.69) is 9.88 Å². The molecule has 1 spiro atoms. The van der Waals surface area contributed by atoms with E-state index >= 15 is 0 Å². The van der Waals surface area contributed by atoms with Crippen LogP contribution in [0.15, 0.2) is 18.3 Å². The Kier molecular flexibility index (Phi) is 2.64. The van der Waals surface area contributed by atoms with Gasteiger partial charge in [-0.25, -0.2) is 4.98 Å². The van der Waals surface area contributed by atoms with Crippen LogP contribution in [0.4, 0.5) is 5.82 Å². The first kappa shape index (κ1) is 10.8. The van der Waals surface area contributed by atoms with Crippen molar-refractivity contribution in [3.63, 3.8) is 0 Å². The quantitative estimate of drug-likeness (QED) is 0.792.